The molecule has 1 aliphatic heterocycles. The third-order valence-electron chi connectivity index (χ3n) is 3.58. The van der Waals surface area contributed by atoms with Crippen molar-refractivity contribution in [1.29, 1.82) is 0 Å². The van der Waals surface area contributed by atoms with Crippen molar-refractivity contribution in [3.05, 3.63) is 46.4 Å². The number of hydrogen-bond donors (Lipinski definition) is 2. The third kappa shape index (κ3) is 2.75. The molecule has 2 aromatic carbocycles. The zero-order valence-corrected chi connectivity index (χ0v) is 13.5. The number of carbonyl (C=O) groups is 1. The Morgan fingerprint density at radius 1 is 1.22 bits per heavy atom. The molecule has 6 nitrogen and oxygen atoms in total. The second-order valence-electron chi connectivity index (χ2n) is 5.17. The molecule has 1 aromatic heterocycles. The highest BCUT2D eigenvalue weighted by molar-refractivity contribution is 9.10. The van der Waals surface area contributed by atoms with Gasteiger partial charge < -0.3 is 14.8 Å². The number of H-pyrrole nitrogens is 1. The summed E-state index contributed by atoms with van der Waals surface area (Å²) < 4.78 is 11.5. The second kappa shape index (κ2) is 5.58. The van der Waals surface area contributed by atoms with Gasteiger partial charge in [0.05, 0.1) is 11.9 Å². The van der Waals surface area contributed by atoms with Crippen LogP contribution in [0.3, 0.4) is 0 Å². The predicted molar refractivity (Wildman–Crippen MR) is 88.7 cm³/mol. The van der Waals surface area contributed by atoms with Crippen molar-refractivity contribution in [2.75, 3.05) is 12.1 Å². The summed E-state index contributed by atoms with van der Waals surface area (Å²) in [5, 5.41) is 10.7. The molecular weight excluding hydrogens is 362 g/mol. The average molecular weight is 374 g/mol. The first kappa shape index (κ1) is 14.1. The van der Waals surface area contributed by atoms with Crippen LogP contribution < -0.4 is 14.8 Å². The number of carbonyl (C=O) groups excluding carboxylic acids is 1. The van der Waals surface area contributed by atoms with E-state index in [0.29, 0.717) is 17.3 Å². The summed E-state index contributed by atoms with van der Waals surface area (Å²) in [5.41, 5.74) is 1.72. The number of ether oxygens (including phenoxy) is 2. The summed E-state index contributed by atoms with van der Waals surface area (Å²) in [5.74, 6) is 1.76. The Balaban J connectivity index is 1.52. The lowest BCUT2D eigenvalue weighted by molar-refractivity contribution is -0.115. The van der Waals surface area contributed by atoms with Gasteiger partial charge in [-0.2, -0.15) is 5.10 Å². The third-order valence-corrected chi connectivity index (χ3v) is 4.08. The van der Waals surface area contributed by atoms with Crippen LogP contribution in [0.4, 0.5) is 5.82 Å². The number of aromatic nitrogens is 2. The molecule has 1 amide bonds. The van der Waals surface area contributed by atoms with E-state index in [2.05, 4.69) is 31.4 Å². The van der Waals surface area contributed by atoms with Crippen molar-refractivity contribution >= 4 is 38.6 Å². The maximum Gasteiger partial charge on any atom is 0.231 e. The fraction of sp³-hybridized carbons (Fsp3) is 0.125. The molecule has 0 radical (unpaired) electrons. The molecule has 0 fully saturated rings. The Morgan fingerprint density at radius 2 is 2.09 bits per heavy atom. The van der Waals surface area contributed by atoms with Crippen LogP contribution in [0.2, 0.25) is 0 Å². The molecule has 0 unspecified atom stereocenters. The first-order chi connectivity index (χ1) is 11.2. The fourth-order valence-corrected chi connectivity index (χ4v) is 2.86. The predicted octanol–water partition coefficient (Wildman–Crippen LogP) is 3.24. The minimum absolute atomic E-state index is 0.141. The number of nitrogens with zero attached hydrogens (tertiary/aromatic N) is 1. The number of hydrogen-bond acceptors (Lipinski definition) is 4. The Kier molecular flexibility index (Phi) is 3.42. The van der Waals surface area contributed by atoms with Crippen molar-refractivity contribution in [2.24, 2.45) is 0 Å². The molecule has 0 saturated heterocycles. The molecule has 23 heavy (non-hydrogen) atoms. The van der Waals surface area contributed by atoms with Crippen molar-refractivity contribution in [3.8, 4) is 11.5 Å². The molecule has 0 atom stereocenters. The van der Waals surface area contributed by atoms with Crippen molar-refractivity contribution in [3.63, 3.8) is 0 Å². The van der Waals surface area contributed by atoms with Crippen LogP contribution in [0.25, 0.3) is 10.9 Å². The standard InChI is InChI=1S/C16H12BrN3O3/c17-10-2-3-12-11(7-10)16(20-19-12)18-15(21)6-9-1-4-13-14(5-9)23-8-22-13/h1-5,7H,6,8H2,(H2,18,19,20,21). The number of halogens is 1. The largest absolute Gasteiger partial charge is 0.454 e. The molecule has 116 valence electrons. The normalized spacial score (nSPS) is 12.6. The summed E-state index contributed by atoms with van der Waals surface area (Å²) in [4.78, 5) is 12.3. The first-order valence-corrected chi connectivity index (χ1v) is 7.80. The highest BCUT2D eigenvalue weighted by Gasteiger charge is 2.15. The molecule has 0 spiro atoms. The van der Waals surface area contributed by atoms with Crippen molar-refractivity contribution in [2.45, 2.75) is 6.42 Å². The molecule has 3 aromatic rings. The van der Waals surface area contributed by atoms with Gasteiger partial charge >= 0.3 is 0 Å². The summed E-state index contributed by atoms with van der Waals surface area (Å²) in [6.45, 7) is 0.221. The van der Waals surface area contributed by atoms with E-state index in [1.165, 1.54) is 0 Å². The van der Waals surface area contributed by atoms with E-state index in [9.17, 15) is 4.79 Å². The summed E-state index contributed by atoms with van der Waals surface area (Å²) >= 11 is 3.42. The second-order valence-corrected chi connectivity index (χ2v) is 6.09. The Hall–Kier alpha value is -2.54. The highest BCUT2D eigenvalue weighted by Crippen LogP contribution is 2.32. The molecule has 1 aliphatic rings. The number of aromatic amines is 1. The maximum atomic E-state index is 12.3. The molecule has 0 bridgehead atoms. The molecule has 2 heterocycles. The minimum Gasteiger partial charge on any atom is -0.454 e. The maximum absolute atomic E-state index is 12.3. The number of fused-ring (bicyclic) bond motifs is 2. The first-order valence-electron chi connectivity index (χ1n) is 7.01. The van der Waals surface area contributed by atoms with Crippen molar-refractivity contribution < 1.29 is 14.3 Å². The van der Waals surface area contributed by atoms with E-state index < -0.39 is 0 Å². The smallest absolute Gasteiger partial charge is 0.231 e. The van der Waals surface area contributed by atoms with Gasteiger partial charge in [0.25, 0.3) is 0 Å². The van der Waals surface area contributed by atoms with Crippen LogP contribution in [0, 0.1) is 0 Å². The lowest BCUT2D eigenvalue weighted by Gasteiger charge is -2.04. The van der Waals surface area contributed by atoms with E-state index in [-0.39, 0.29) is 19.1 Å². The van der Waals surface area contributed by atoms with Crippen LogP contribution >= 0.6 is 15.9 Å². The van der Waals surface area contributed by atoms with E-state index in [4.69, 9.17) is 9.47 Å². The summed E-state index contributed by atoms with van der Waals surface area (Å²) in [6.07, 6.45) is 0.235. The number of amides is 1. The quantitative estimate of drug-likeness (QED) is 0.738. The van der Waals surface area contributed by atoms with Crippen molar-refractivity contribution in [1.82, 2.24) is 10.2 Å². The lowest BCUT2D eigenvalue weighted by atomic mass is 10.1. The zero-order valence-electron chi connectivity index (χ0n) is 11.9. The molecule has 7 heteroatoms. The van der Waals surface area contributed by atoms with Crippen LogP contribution in [0.1, 0.15) is 5.56 Å². The van der Waals surface area contributed by atoms with Gasteiger partial charge in [-0.05, 0) is 35.9 Å². The van der Waals surface area contributed by atoms with Gasteiger partial charge in [-0.3, -0.25) is 9.89 Å². The van der Waals surface area contributed by atoms with Gasteiger partial charge in [0.2, 0.25) is 12.7 Å². The van der Waals surface area contributed by atoms with Gasteiger partial charge in [-0.15, -0.1) is 0 Å². The molecule has 4 rings (SSSR count). The van der Waals surface area contributed by atoms with E-state index in [1.807, 2.05) is 36.4 Å². The Labute approximate surface area is 139 Å². The van der Waals surface area contributed by atoms with Gasteiger partial charge in [-0.25, -0.2) is 0 Å². The van der Waals surface area contributed by atoms with Crippen LogP contribution in [0.5, 0.6) is 11.5 Å². The topological polar surface area (TPSA) is 76.2 Å². The number of benzene rings is 2. The molecular formula is C16H12BrN3O3. The van der Waals surface area contributed by atoms with E-state index in [1.54, 1.807) is 0 Å². The fourth-order valence-electron chi connectivity index (χ4n) is 2.49. The number of rotatable bonds is 3. The molecule has 0 saturated carbocycles. The van der Waals surface area contributed by atoms with Gasteiger partial charge in [0.1, 0.15) is 0 Å². The number of anilines is 1. The number of nitrogens with one attached hydrogen (secondary N) is 2. The van der Waals surface area contributed by atoms with Gasteiger partial charge in [0.15, 0.2) is 17.3 Å². The Morgan fingerprint density at radius 3 is 3.00 bits per heavy atom. The summed E-state index contributed by atoms with van der Waals surface area (Å²) in [6, 6.07) is 11.2. The van der Waals surface area contributed by atoms with Gasteiger partial charge in [0, 0.05) is 9.86 Å². The minimum atomic E-state index is -0.141. The lowest BCUT2D eigenvalue weighted by Crippen LogP contribution is -2.14. The zero-order chi connectivity index (χ0) is 15.8. The van der Waals surface area contributed by atoms with Crippen LogP contribution in [-0.4, -0.2) is 22.9 Å². The highest BCUT2D eigenvalue weighted by atomic mass is 79.9. The average Bonchev–Trinajstić information content (AvgIpc) is 3.14. The monoisotopic (exact) mass is 373 g/mol. The van der Waals surface area contributed by atoms with E-state index in [0.717, 1.165) is 20.9 Å². The van der Waals surface area contributed by atoms with Crippen LogP contribution in [-0.2, 0) is 11.2 Å². The molecule has 2 N–H and O–H groups in total. The Bertz CT molecular complexity index is 907. The van der Waals surface area contributed by atoms with Gasteiger partial charge in [-0.1, -0.05) is 22.0 Å². The SMILES string of the molecule is O=C(Cc1ccc2c(c1)OCO2)Nc1n[nH]c2ccc(Br)cc12. The molecule has 0 aliphatic carbocycles. The van der Waals surface area contributed by atoms with Crippen LogP contribution in [0.15, 0.2) is 40.9 Å². The summed E-state index contributed by atoms with van der Waals surface area (Å²) in [7, 11) is 0. The van der Waals surface area contributed by atoms with E-state index >= 15 is 0 Å².